The Balaban J connectivity index is 2.77. The summed E-state index contributed by atoms with van der Waals surface area (Å²) in [6, 6.07) is 5.40. The summed E-state index contributed by atoms with van der Waals surface area (Å²) in [6.45, 7) is 6.91. The summed E-state index contributed by atoms with van der Waals surface area (Å²) < 4.78 is 0. The monoisotopic (exact) mass is 259 g/mol. The SMILES string of the molecule is CCCCCN(C(=O)c1ccc(C#N)cn1)C(C)C. The molecule has 0 unspecified atom stereocenters. The number of unbranched alkanes of at least 4 members (excludes halogenated alkanes) is 2. The van der Waals surface area contributed by atoms with Gasteiger partial charge in [-0.25, -0.2) is 4.98 Å². The van der Waals surface area contributed by atoms with Gasteiger partial charge in [0.15, 0.2) is 0 Å². The Morgan fingerprint density at radius 3 is 2.63 bits per heavy atom. The topological polar surface area (TPSA) is 57.0 Å². The molecule has 1 aromatic rings. The lowest BCUT2D eigenvalue weighted by molar-refractivity contribution is 0.0696. The summed E-state index contributed by atoms with van der Waals surface area (Å²) >= 11 is 0. The molecule has 0 atom stereocenters. The zero-order valence-corrected chi connectivity index (χ0v) is 11.9. The Morgan fingerprint density at radius 1 is 1.42 bits per heavy atom. The van der Waals surface area contributed by atoms with Crippen LogP contribution in [0, 0.1) is 11.3 Å². The van der Waals surface area contributed by atoms with Crippen molar-refractivity contribution in [2.75, 3.05) is 6.54 Å². The summed E-state index contributed by atoms with van der Waals surface area (Å²) in [7, 11) is 0. The van der Waals surface area contributed by atoms with Crippen LogP contribution >= 0.6 is 0 Å². The van der Waals surface area contributed by atoms with Gasteiger partial charge < -0.3 is 4.90 Å². The first-order valence-corrected chi connectivity index (χ1v) is 6.77. The Hall–Kier alpha value is -1.89. The van der Waals surface area contributed by atoms with Gasteiger partial charge in [-0.05, 0) is 32.4 Å². The van der Waals surface area contributed by atoms with E-state index in [1.807, 2.05) is 24.8 Å². The van der Waals surface area contributed by atoms with Gasteiger partial charge in [-0.1, -0.05) is 19.8 Å². The third-order valence-electron chi connectivity index (χ3n) is 3.00. The lowest BCUT2D eigenvalue weighted by Gasteiger charge is -2.26. The third-order valence-corrected chi connectivity index (χ3v) is 3.00. The summed E-state index contributed by atoms with van der Waals surface area (Å²) in [4.78, 5) is 18.3. The van der Waals surface area contributed by atoms with Crippen LogP contribution in [0.3, 0.4) is 0 Å². The number of pyridine rings is 1. The molecule has 0 aliphatic rings. The van der Waals surface area contributed by atoms with Crippen molar-refractivity contribution in [3.05, 3.63) is 29.6 Å². The van der Waals surface area contributed by atoms with Gasteiger partial charge >= 0.3 is 0 Å². The fraction of sp³-hybridized carbons (Fsp3) is 0.533. The van der Waals surface area contributed by atoms with Gasteiger partial charge in [-0.3, -0.25) is 4.79 Å². The Morgan fingerprint density at radius 2 is 2.16 bits per heavy atom. The molecular weight excluding hydrogens is 238 g/mol. The number of carbonyl (C=O) groups excluding carboxylic acids is 1. The van der Waals surface area contributed by atoms with E-state index in [0.717, 1.165) is 25.8 Å². The Labute approximate surface area is 115 Å². The molecule has 1 heterocycles. The van der Waals surface area contributed by atoms with Gasteiger partial charge in [0.25, 0.3) is 5.91 Å². The van der Waals surface area contributed by atoms with Crippen LogP contribution < -0.4 is 0 Å². The van der Waals surface area contributed by atoms with Crippen molar-refractivity contribution < 1.29 is 4.79 Å². The number of carbonyl (C=O) groups is 1. The number of nitriles is 1. The highest BCUT2D eigenvalue weighted by atomic mass is 16.2. The second kappa shape index (κ2) is 7.52. The molecule has 0 saturated carbocycles. The van der Waals surface area contributed by atoms with Gasteiger partial charge in [0, 0.05) is 18.8 Å². The average molecular weight is 259 g/mol. The highest BCUT2D eigenvalue weighted by Crippen LogP contribution is 2.09. The highest BCUT2D eigenvalue weighted by Gasteiger charge is 2.19. The largest absolute Gasteiger partial charge is 0.335 e. The van der Waals surface area contributed by atoms with Gasteiger partial charge in [0.2, 0.25) is 0 Å². The molecule has 0 spiro atoms. The van der Waals surface area contributed by atoms with E-state index in [-0.39, 0.29) is 11.9 Å². The standard InChI is InChI=1S/C15H21N3O/c1-4-5-6-9-18(12(2)3)15(19)14-8-7-13(10-16)11-17-14/h7-8,11-12H,4-6,9H2,1-3H3. The van der Waals surface area contributed by atoms with E-state index < -0.39 is 0 Å². The van der Waals surface area contributed by atoms with E-state index in [4.69, 9.17) is 5.26 Å². The van der Waals surface area contributed by atoms with E-state index in [2.05, 4.69) is 11.9 Å². The zero-order valence-electron chi connectivity index (χ0n) is 11.9. The molecule has 1 amide bonds. The van der Waals surface area contributed by atoms with Crippen molar-refractivity contribution in [3.63, 3.8) is 0 Å². The molecule has 0 saturated heterocycles. The Bertz CT molecular complexity index is 445. The van der Waals surface area contributed by atoms with Crippen molar-refractivity contribution in [2.45, 2.75) is 46.1 Å². The van der Waals surface area contributed by atoms with Crippen molar-refractivity contribution in [1.82, 2.24) is 9.88 Å². The van der Waals surface area contributed by atoms with Crippen LogP contribution in [0.4, 0.5) is 0 Å². The third kappa shape index (κ3) is 4.36. The molecule has 0 bridgehead atoms. The second-order valence-electron chi connectivity index (χ2n) is 4.84. The first-order valence-electron chi connectivity index (χ1n) is 6.77. The van der Waals surface area contributed by atoms with Gasteiger partial charge in [-0.2, -0.15) is 5.26 Å². The quantitative estimate of drug-likeness (QED) is 0.738. The van der Waals surface area contributed by atoms with Crippen LogP contribution in [0.5, 0.6) is 0 Å². The Kier molecular flexibility index (Phi) is 6.01. The van der Waals surface area contributed by atoms with Crippen molar-refractivity contribution >= 4 is 5.91 Å². The first-order chi connectivity index (χ1) is 9.10. The highest BCUT2D eigenvalue weighted by molar-refractivity contribution is 5.92. The van der Waals surface area contributed by atoms with Crippen LogP contribution in [0.15, 0.2) is 18.3 Å². The molecule has 0 N–H and O–H groups in total. The average Bonchev–Trinajstić information content (AvgIpc) is 2.42. The van der Waals surface area contributed by atoms with Crippen molar-refractivity contribution in [3.8, 4) is 6.07 Å². The smallest absolute Gasteiger partial charge is 0.272 e. The number of amides is 1. The minimum atomic E-state index is -0.0596. The fourth-order valence-corrected chi connectivity index (χ4v) is 1.86. The zero-order chi connectivity index (χ0) is 14.3. The molecule has 0 aliphatic carbocycles. The minimum absolute atomic E-state index is 0.0596. The number of hydrogen-bond acceptors (Lipinski definition) is 3. The fourth-order valence-electron chi connectivity index (χ4n) is 1.86. The van der Waals surface area contributed by atoms with Crippen LogP contribution in [0.25, 0.3) is 0 Å². The number of nitrogens with zero attached hydrogens (tertiary/aromatic N) is 3. The summed E-state index contributed by atoms with van der Waals surface area (Å²) in [6.07, 6.45) is 4.71. The molecule has 0 aromatic carbocycles. The maximum Gasteiger partial charge on any atom is 0.272 e. The molecule has 1 aromatic heterocycles. The van der Waals surface area contributed by atoms with Gasteiger partial charge in [-0.15, -0.1) is 0 Å². The first kappa shape index (κ1) is 15.2. The van der Waals surface area contributed by atoms with Crippen molar-refractivity contribution in [2.24, 2.45) is 0 Å². The van der Waals surface area contributed by atoms with E-state index >= 15 is 0 Å². The number of hydrogen-bond donors (Lipinski definition) is 0. The molecule has 19 heavy (non-hydrogen) atoms. The predicted molar refractivity (Wildman–Crippen MR) is 74.6 cm³/mol. The van der Waals surface area contributed by atoms with E-state index in [0.29, 0.717) is 11.3 Å². The molecule has 4 heteroatoms. The van der Waals surface area contributed by atoms with Crippen LogP contribution in [0.1, 0.15) is 56.1 Å². The van der Waals surface area contributed by atoms with E-state index in [1.54, 1.807) is 12.1 Å². The summed E-state index contributed by atoms with van der Waals surface area (Å²) in [5, 5.41) is 8.72. The number of aromatic nitrogens is 1. The van der Waals surface area contributed by atoms with Crippen LogP contribution in [-0.2, 0) is 0 Å². The predicted octanol–water partition coefficient (Wildman–Crippen LogP) is 2.99. The van der Waals surface area contributed by atoms with Gasteiger partial charge in [0.05, 0.1) is 5.56 Å². The minimum Gasteiger partial charge on any atom is -0.335 e. The van der Waals surface area contributed by atoms with E-state index in [9.17, 15) is 4.79 Å². The molecule has 102 valence electrons. The molecule has 0 aliphatic heterocycles. The second-order valence-corrected chi connectivity index (χ2v) is 4.84. The van der Waals surface area contributed by atoms with E-state index in [1.165, 1.54) is 6.20 Å². The normalized spacial score (nSPS) is 10.3. The van der Waals surface area contributed by atoms with Crippen LogP contribution in [0.2, 0.25) is 0 Å². The lowest BCUT2D eigenvalue weighted by atomic mass is 10.2. The van der Waals surface area contributed by atoms with Gasteiger partial charge in [0.1, 0.15) is 11.8 Å². The molecule has 1 rings (SSSR count). The molecule has 0 radical (unpaired) electrons. The van der Waals surface area contributed by atoms with Crippen molar-refractivity contribution in [1.29, 1.82) is 5.26 Å². The maximum atomic E-state index is 12.4. The molecular formula is C15H21N3O. The summed E-state index contributed by atoms with van der Waals surface area (Å²) in [5.74, 6) is -0.0596. The molecule has 0 fully saturated rings. The number of rotatable bonds is 6. The molecule has 4 nitrogen and oxygen atoms in total. The van der Waals surface area contributed by atoms with Crippen LogP contribution in [-0.4, -0.2) is 28.4 Å². The summed E-state index contributed by atoms with van der Waals surface area (Å²) in [5.41, 5.74) is 0.878. The lowest BCUT2D eigenvalue weighted by Crippen LogP contribution is -2.38. The maximum absolute atomic E-state index is 12.4.